The highest BCUT2D eigenvalue weighted by Crippen LogP contribution is 2.13. The number of thiocarbonyl (C=S) groups is 1. The van der Waals surface area contributed by atoms with E-state index >= 15 is 0 Å². The van der Waals surface area contributed by atoms with Crippen molar-refractivity contribution >= 4 is 40.5 Å². The molecule has 0 fully saturated rings. The SMILES string of the molecule is CC(=O)c1cccc(NC(=S)Nc2ccc(C(=O)O)cc2)c1. The Morgan fingerprint density at radius 2 is 1.59 bits per heavy atom. The molecule has 6 heteroatoms. The van der Waals surface area contributed by atoms with Gasteiger partial charge in [-0.2, -0.15) is 0 Å². The van der Waals surface area contributed by atoms with Gasteiger partial charge in [-0.15, -0.1) is 0 Å². The summed E-state index contributed by atoms with van der Waals surface area (Å²) in [5.74, 6) is -1.000. The van der Waals surface area contributed by atoms with E-state index in [1.165, 1.54) is 19.1 Å². The van der Waals surface area contributed by atoms with Crippen molar-refractivity contribution in [1.82, 2.24) is 0 Å². The first-order valence-corrected chi connectivity index (χ1v) is 6.89. The summed E-state index contributed by atoms with van der Waals surface area (Å²) >= 11 is 5.19. The lowest BCUT2D eigenvalue weighted by Crippen LogP contribution is -2.19. The summed E-state index contributed by atoms with van der Waals surface area (Å²) in [6.45, 7) is 1.50. The molecule has 0 heterocycles. The molecule has 0 unspecified atom stereocenters. The zero-order valence-electron chi connectivity index (χ0n) is 11.8. The third-order valence-corrected chi connectivity index (χ3v) is 3.12. The quantitative estimate of drug-likeness (QED) is 0.593. The highest BCUT2D eigenvalue weighted by Gasteiger charge is 2.04. The third kappa shape index (κ3) is 4.13. The molecule has 2 rings (SSSR count). The number of carbonyl (C=O) groups is 2. The van der Waals surface area contributed by atoms with Gasteiger partial charge in [0.1, 0.15) is 0 Å². The number of Topliss-reactive ketones (excluding diaryl/α,β-unsaturated/α-hetero) is 1. The summed E-state index contributed by atoms with van der Waals surface area (Å²) in [6.07, 6.45) is 0. The Kier molecular flexibility index (Phi) is 4.85. The van der Waals surface area contributed by atoms with Crippen LogP contribution in [0.2, 0.25) is 0 Å². The van der Waals surface area contributed by atoms with Crippen LogP contribution in [-0.2, 0) is 0 Å². The summed E-state index contributed by atoms with van der Waals surface area (Å²) in [5, 5.41) is 15.1. The van der Waals surface area contributed by atoms with Crippen molar-refractivity contribution in [1.29, 1.82) is 0 Å². The number of nitrogens with one attached hydrogen (secondary N) is 2. The molecule has 0 spiro atoms. The summed E-state index contributed by atoms with van der Waals surface area (Å²) in [4.78, 5) is 22.1. The Hall–Kier alpha value is -2.73. The first-order chi connectivity index (χ1) is 10.5. The van der Waals surface area contributed by atoms with Crippen LogP contribution in [0, 0.1) is 0 Å². The molecule has 0 atom stereocenters. The maximum atomic E-state index is 11.3. The largest absolute Gasteiger partial charge is 0.478 e. The molecule has 0 aliphatic rings. The van der Waals surface area contributed by atoms with Gasteiger partial charge in [0.15, 0.2) is 10.9 Å². The second-order valence-electron chi connectivity index (χ2n) is 4.60. The van der Waals surface area contributed by atoms with E-state index in [-0.39, 0.29) is 11.3 Å². The number of rotatable bonds is 4. The maximum Gasteiger partial charge on any atom is 0.335 e. The van der Waals surface area contributed by atoms with Gasteiger partial charge in [-0.25, -0.2) is 4.79 Å². The average molecular weight is 314 g/mol. The number of carboxylic acid groups (broad SMARTS) is 1. The van der Waals surface area contributed by atoms with Crippen LogP contribution in [-0.4, -0.2) is 22.0 Å². The van der Waals surface area contributed by atoms with Gasteiger partial charge in [0.05, 0.1) is 5.56 Å². The van der Waals surface area contributed by atoms with Gasteiger partial charge in [-0.3, -0.25) is 4.79 Å². The van der Waals surface area contributed by atoms with Gasteiger partial charge in [-0.1, -0.05) is 12.1 Å². The highest BCUT2D eigenvalue weighted by atomic mass is 32.1. The van der Waals surface area contributed by atoms with Crippen molar-refractivity contribution in [2.45, 2.75) is 6.92 Å². The number of ketones is 1. The molecule has 0 saturated heterocycles. The van der Waals surface area contributed by atoms with E-state index < -0.39 is 5.97 Å². The zero-order chi connectivity index (χ0) is 16.1. The normalized spacial score (nSPS) is 9.86. The molecule has 0 saturated carbocycles. The average Bonchev–Trinajstić information content (AvgIpc) is 2.47. The van der Waals surface area contributed by atoms with E-state index in [9.17, 15) is 9.59 Å². The Morgan fingerprint density at radius 3 is 2.18 bits per heavy atom. The topological polar surface area (TPSA) is 78.4 Å². The van der Waals surface area contributed by atoms with Gasteiger partial charge in [0, 0.05) is 16.9 Å². The highest BCUT2D eigenvalue weighted by molar-refractivity contribution is 7.80. The lowest BCUT2D eigenvalue weighted by molar-refractivity contribution is 0.0696. The smallest absolute Gasteiger partial charge is 0.335 e. The first-order valence-electron chi connectivity index (χ1n) is 6.48. The number of hydrogen-bond donors (Lipinski definition) is 3. The summed E-state index contributed by atoms with van der Waals surface area (Å²) in [7, 11) is 0. The molecule has 2 aromatic carbocycles. The van der Waals surface area contributed by atoms with Gasteiger partial charge in [0.25, 0.3) is 0 Å². The molecule has 0 bridgehead atoms. The monoisotopic (exact) mass is 314 g/mol. The minimum absolute atomic E-state index is 0.0215. The van der Waals surface area contributed by atoms with E-state index in [1.807, 2.05) is 0 Å². The molecular weight excluding hydrogens is 300 g/mol. The number of aromatic carboxylic acids is 1. The van der Waals surface area contributed by atoms with E-state index in [4.69, 9.17) is 17.3 Å². The van der Waals surface area contributed by atoms with Crippen LogP contribution in [0.25, 0.3) is 0 Å². The molecule has 22 heavy (non-hydrogen) atoms. The third-order valence-electron chi connectivity index (χ3n) is 2.92. The van der Waals surface area contributed by atoms with Crippen LogP contribution in [0.3, 0.4) is 0 Å². The lowest BCUT2D eigenvalue weighted by Gasteiger charge is -2.11. The molecular formula is C16H14N2O3S. The predicted molar refractivity (Wildman–Crippen MR) is 89.7 cm³/mol. The van der Waals surface area contributed by atoms with Crippen molar-refractivity contribution in [3.8, 4) is 0 Å². The van der Waals surface area contributed by atoms with Gasteiger partial charge >= 0.3 is 5.97 Å². The minimum atomic E-state index is -0.978. The second-order valence-corrected chi connectivity index (χ2v) is 5.01. The fourth-order valence-corrected chi connectivity index (χ4v) is 2.04. The van der Waals surface area contributed by atoms with Crippen LogP contribution >= 0.6 is 12.2 Å². The number of anilines is 2. The molecule has 3 N–H and O–H groups in total. The molecule has 0 amide bonds. The van der Waals surface area contributed by atoms with Crippen molar-refractivity contribution < 1.29 is 14.7 Å². The van der Waals surface area contributed by atoms with Gasteiger partial charge in [-0.05, 0) is 55.5 Å². The van der Waals surface area contributed by atoms with Gasteiger partial charge < -0.3 is 15.7 Å². The first kappa shape index (κ1) is 15.7. The predicted octanol–water partition coefficient (Wildman–Crippen LogP) is 3.40. The van der Waals surface area contributed by atoms with E-state index in [2.05, 4.69) is 10.6 Å². The van der Waals surface area contributed by atoms with Crippen LogP contribution in [0.15, 0.2) is 48.5 Å². The zero-order valence-corrected chi connectivity index (χ0v) is 12.6. The second kappa shape index (κ2) is 6.82. The van der Waals surface area contributed by atoms with Crippen LogP contribution < -0.4 is 10.6 Å². The Labute approximate surface area is 133 Å². The number of hydrogen-bond acceptors (Lipinski definition) is 3. The van der Waals surface area contributed by atoms with Crippen molar-refractivity contribution in [2.75, 3.05) is 10.6 Å². The number of carbonyl (C=O) groups excluding carboxylic acids is 1. The van der Waals surface area contributed by atoms with Gasteiger partial charge in [0.2, 0.25) is 0 Å². The molecule has 0 aromatic heterocycles. The molecule has 112 valence electrons. The standard InChI is InChI=1S/C16H14N2O3S/c1-10(19)12-3-2-4-14(9-12)18-16(22)17-13-7-5-11(6-8-13)15(20)21/h2-9H,1H3,(H,20,21)(H2,17,18,22). The van der Waals surface area contributed by atoms with E-state index in [1.54, 1.807) is 36.4 Å². The fourth-order valence-electron chi connectivity index (χ4n) is 1.81. The summed E-state index contributed by atoms with van der Waals surface area (Å²) in [6, 6.07) is 13.2. The van der Waals surface area contributed by atoms with Crippen molar-refractivity contribution in [3.63, 3.8) is 0 Å². The molecule has 0 aliphatic heterocycles. The van der Waals surface area contributed by atoms with Crippen LogP contribution in [0.5, 0.6) is 0 Å². The summed E-state index contributed by atoms with van der Waals surface area (Å²) < 4.78 is 0. The van der Waals surface area contributed by atoms with E-state index in [0.717, 1.165) is 0 Å². The molecule has 5 nitrogen and oxygen atoms in total. The Balaban J connectivity index is 2.02. The molecule has 0 aliphatic carbocycles. The Morgan fingerprint density at radius 1 is 0.955 bits per heavy atom. The molecule has 0 radical (unpaired) electrons. The maximum absolute atomic E-state index is 11.3. The fraction of sp³-hybridized carbons (Fsp3) is 0.0625. The van der Waals surface area contributed by atoms with E-state index in [0.29, 0.717) is 22.1 Å². The van der Waals surface area contributed by atoms with Crippen molar-refractivity contribution in [2.24, 2.45) is 0 Å². The minimum Gasteiger partial charge on any atom is -0.478 e. The van der Waals surface area contributed by atoms with Crippen LogP contribution in [0.4, 0.5) is 11.4 Å². The number of benzene rings is 2. The lowest BCUT2D eigenvalue weighted by atomic mass is 10.1. The molecule has 2 aromatic rings. The van der Waals surface area contributed by atoms with Crippen LogP contribution in [0.1, 0.15) is 27.6 Å². The Bertz CT molecular complexity index is 726. The number of carboxylic acids is 1. The summed E-state index contributed by atoms with van der Waals surface area (Å²) in [5.41, 5.74) is 2.18. The van der Waals surface area contributed by atoms with Crippen molar-refractivity contribution in [3.05, 3.63) is 59.7 Å².